The molecule has 1 amide bonds. The highest BCUT2D eigenvalue weighted by atomic mass is 19.4. The maximum Gasteiger partial charge on any atom is 0.416 e. The van der Waals surface area contributed by atoms with Crippen molar-refractivity contribution in [3.8, 4) is 0 Å². The molecule has 1 heterocycles. The van der Waals surface area contributed by atoms with Crippen LogP contribution in [-0.2, 0) is 15.7 Å². The third-order valence-electron chi connectivity index (χ3n) is 3.74. The molecule has 0 fully saturated rings. The summed E-state index contributed by atoms with van der Waals surface area (Å²) in [6.07, 6.45) is -5.76. The van der Waals surface area contributed by atoms with Gasteiger partial charge in [0, 0.05) is 11.1 Å². The van der Waals surface area contributed by atoms with Crippen molar-refractivity contribution >= 4 is 28.5 Å². The van der Waals surface area contributed by atoms with Gasteiger partial charge in [-0.25, -0.2) is 4.79 Å². The molecule has 140 valence electrons. The lowest BCUT2D eigenvalue weighted by atomic mass is 10.2. The van der Waals surface area contributed by atoms with Crippen molar-refractivity contribution in [3.63, 3.8) is 0 Å². The molecule has 27 heavy (non-hydrogen) atoms. The van der Waals surface area contributed by atoms with Gasteiger partial charge in [-0.1, -0.05) is 24.3 Å². The quantitative estimate of drug-likeness (QED) is 0.673. The molecule has 0 bridgehead atoms. The second-order valence-corrected chi connectivity index (χ2v) is 5.76. The molecule has 0 saturated carbocycles. The molecule has 0 aliphatic rings. The van der Waals surface area contributed by atoms with Crippen molar-refractivity contribution in [1.82, 2.24) is 0 Å². The average molecular weight is 377 g/mol. The standard InChI is InChI=1S/C19H14F3NO4/c1-11(17(24)23-14-7-4-6-13(10-14)19(20,21)22)26-18(25)16-9-12-5-2-3-8-15(12)27-16/h2-11H,1H3,(H,23,24). The van der Waals surface area contributed by atoms with Crippen molar-refractivity contribution in [3.05, 3.63) is 65.9 Å². The number of rotatable bonds is 4. The molecular weight excluding hydrogens is 363 g/mol. The van der Waals surface area contributed by atoms with Gasteiger partial charge in [0.1, 0.15) is 5.58 Å². The molecule has 1 atom stereocenters. The molecule has 0 saturated heterocycles. The SMILES string of the molecule is CC(OC(=O)c1cc2ccccc2o1)C(=O)Nc1cccc(C(F)(F)F)c1. The second-order valence-electron chi connectivity index (χ2n) is 5.76. The van der Waals surface area contributed by atoms with E-state index in [1.54, 1.807) is 24.3 Å². The summed E-state index contributed by atoms with van der Waals surface area (Å²) in [5.41, 5.74) is -0.459. The lowest BCUT2D eigenvalue weighted by Crippen LogP contribution is -2.30. The molecule has 0 aliphatic heterocycles. The fraction of sp³-hybridized carbons (Fsp3) is 0.158. The zero-order chi connectivity index (χ0) is 19.6. The molecule has 2 aromatic carbocycles. The van der Waals surface area contributed by atoms with Crippen molar-refractivity contribution in [1.29, 1.82) is 0 Å². The van der Waals surface area contributed by atoms with Crippen LogP contribution in [0.3, 0.4) is 0 Å². The average Bonchev–Trinajstić information content (AvgIpc) is 3.05. The van der Waals surface area contributed by atoms with E-state index in [2.05, 4.69) is 5.32 Å². The number of hydrogen-bond donors (Lipinski definition) is 1. The summed E-state index contributed by atoms with van der Waals surface area (Å²) >= 11 is 0. The largest absolute Gasteiger partial charge is 0.449 e. The number of ether oxygens (including phenoxy) is 1. The van der Waals surface area contributed by atoms with Gasteiger partial charge in [0.25, 0.3) is 5.91 Å². The highest BCUT2D eigenvalue weighted by Gasteiger charge is 2.30. The first-order chi connectivity index (χ1) is 12.7. The first-order valence-electron chi connectivity index (χ1n) is 7.92. The van der Waals surface area contributed by atoms with Crippen LogP contribution in [0.5, 0.6) is 0 Å². The Kier molecular flexibility index (Phi) is 4.89. The van der Waals surface area contributed by atoms with Crippen LogP contribution in [0.4, 0.5) is 18.9 Å². The van der Waals surface area contributed by atoms with Crippen LogP contribution in [0.15, 0.2) is 59.0 Å². The zero-order valence-corrected chi connectivity index (χ0v) is 14.0. The number of amides is 1. The zero-order valence-electron chi connectivity index (χ0n) is 14.0. The minimum absolute atomic E-state index is 0.0542. The molecule has 1 aromatic heterocycles. The number of anilines is 1. The number of carbonyl (C=O) groups is 2. The normalized spacial score (nSPS) is 12.6. The number of carbonyl (C=O) groups excluding carboxylic acids is 2. The predicted molar refractivity (Wildman–Crippen MR) is 91.2 cm³/mol. The van der Waals surface area contributed by atoms with Crippen molar-refractivity contribution in [2.24, 2.45) is 0 Å². The van der Waals surface area contributed by atoms with Crippen LogP contribution in [0.1, 0.15) is 23.0 Å². The predicted octanol–water partition coefficient (Wildman–Crippen LogP) is 4.64. The lowest BCUT2D eigenvalue weighted by Gasteiger charge is -2.14. The molecule has 0 radical (unpaired) electrons. The van der Waals surface area contributed by atoms with Crippen LogP contribution in [-0.4, -0.2) is 18.0 Å². The number of furan rings is 1. The minimum atomic E-state index is -4.53. The maximum atomic E-state index is 12.7. The number of nitrogens with one attached hydrogen (secondary N) is 1. The van der Waals surface area contributed by atoms with Crippen molar-refractivity contribution < 1.29 is 31.9 Å². The van der Waals surface area contributed by atoms with Crippen LogP contribution in [0, 0.1) is 0 Å². The van der Waals surface area contributed by atoms with Crippen LogP contribution < -0.4 is 5.32 Å². The Morgan fingerprint density at radius 1 is 1.07 bits per heavy atom. The van der Waals surface area contributed by atoms with E-state index in [0.717, 1.165) is 12.1 Å². The monoisotopic (exact) mass is 377 g/mol. The van der Waals surface area contributed by atoms with Gasteiger partial charge in [-0.2, -0.15) is 13.2 Å². The Bertz CT molecular complexity index is 961. The highest BCUT2D eigenvalue weighted by molar-refractivity contribution is 5.98. The first-order valence-corrected chi connectivity index (χ1v) is 7.92. The van der Waals surface area contributed by atoms with Crippen molar-refractivity contribution in [2.45, 2.75) is 19.2 Å². The van der Waals surface area contributed by atoms with E-state index in [-0.39, 0.29) is 11.4 Å². The van der Waals surface area contributed by atoms with E-state index >= 15 is 0 Å². The number of para-hydroxylation sites is 1. The molecule has 0 aliphatic carbocycles. The van der Waals surface area contributed by atoms with Gasteiger partial charge in [0.05, 0.1) is 5.56 Å². The van der Waals surface area contributed by atoms with Gasteiger partial charge in [0.15, 0.2) is 6.10 Å². The Labute approximate surface area is 151 Å². The summed E-state index contributed by atoms with van der Waals surface area (Å²) in [7, 11) is 0. The van der Waals surface area contributed by atoms with E-state index in [9.17, 15) is 22.8 Å². The molecule has 1 unspecified atom stereocenters. The van der Waals surface area contributed by atoms with Crippen molar-refractivity contribution in [2.75, 3.05) is 5.32 Å². The summed E-state index contributed by atoms with van der Waals surface area (Å²) < 4.78 is 48.5. The second kappa shape index (κ2) is 7.14. The van der Waals surface area contributed by atoms with Gasteiger partial charge in [-0.3, -0.25) is 4.79 Å². The van der Waals surface area contributed by atoms with Crippen LogP contribution in [0.25, 0.3) is 11.0 Å². The fourth-order valence-electron chi connectivity index (χ4n) is 2.37. The van der Waals surface area contributed by atoms with E-state index < -0.39 is 29.7 Å². The van der Waals surface area contributed by atoms with Gasteiger partial charge < -0.3 is 14.5 Å². The molecule has 5 nitrogen and oxygen atoms in total. The van der Waals surface area contributed by atoms with E-state index in [1.807, 2.05) is 0 Å². The Hall–Kier alpha value is -3.29. The molecule has 8 heteroatoms. The van der Waals surface area contributed by atoms with Gasteiger partial charge in [0.2, 0.25) is 5.76 Å². The summed E-state index contributed by atoms with van der Waals surface area (Å²) in [5, 5.41) is 2.99. The number of fused-ring (bicyclic) bond motifs is 1. The smallest absolute Gasteiger partial charge is 0.416 e. The van der Waals surface area contributed by atoms with E-state index in [0.29, 0.717) is 11.0 Å². The van der Waals surface area contributed by atoms with Gasteiger partial charge >= 0.3 is 12.1 Å². The van der Waals surface area contributed by atoms with Gasteiger partial charge in [-0.15, -0.1) is 0 Å². The Balaban J connectivity index is 1.66. The third kappa shape index (κ3) is 4.28. The Morgan fingerprint density at radius 3 is 2.52 bits per heavy atom. The van der Waals surface area contributed by atoms with Gasteiger partial charge in [-0.05, 0) is 37.3 Å². The number of halogens is 3. The topological polar surface area (TPSA) is 68.5 Å². The summed E-state index contributed by atoms with van der Waals surface area (Å²) in [5.74, 6) is -1.69. The minimum Gasteiger partial charge on any atom is -0.449 e. The highest BCUT2D eigenvalue weighted by Crippen LogP contribution is 2.30. The molecule has 3 aromatic rings. The fourth-order valence-corrected chi connectivity index (χ4v) is 2.37. The van der Waals surface area contributed by atoms with E-state index in [4.69, 9.17) is 9.15 Å². The van der Waals surface area contributed by atoms with Crippen LogP contribution in [0.2, 0.25) is 0 Å². The summed E-state index contributed by atoms with van der Waals surface area (Å²) in [4.78, 5) is 24.2. The molecule has 1 N–H and O–H groups in total. The number of hydrogen-bond acceptors (Lipinski definition) is 4. The number of benzene rings is 2. The molecule has 3 rings (SSSR count). The first kappa shape index (κ1) is 18.5. The Morgan fingerprint density at radius 2 is 1.81 bits per heavy atom. The number of esters is 1. The number of alkyl halides is 3. The maximum absolute atomic E-state index is 12.7. The molecule has 0 spiro atoms. The summed E-state index contributed by atoms with van der Waals surface area (Å²) in [6.45, 7) is 1.31. The lowest BCUT2D eigenvalue weighted by molar-refractivity contribution is -0.137. The van der Waals surface area contributed by atoms with Crippen LogP contribution >= 0.6 is 0 Å². The van der Waals surface area contributed by atoms with E-state index in [1.165, 1.54) is 25.1 Å². The third-order valence-corrected chi connectivity index (χ3v) is 3.74. The summed E-state index contributed by atoms with van der Waals surface area (Å²) in [6, 6.07) is 12.6. The molecular formula is C19H14F3NO4.